The number of alkyl halides is 3. The summed E-state index contributed by atoms with van der Waals surface area (Å²) in [5.41, 5.74) is 2.43. The normalized spacial score (nSPS) is 16.9. The predicted molar refractivity (Wildman–Crippen MR) is 110 cm³/mol. The number of rotatable bonds is 4. The molecular formula is C23H22F3N3O2. The largest absolute Gasteiger partial charge is 0.573 e. The van der Waals surface area contributed by atoms with Crippen LogP contribution in [0.15, 0.2) is 61.1 Å². The number of imidazole rings is 1. The molecule has 5 nitrogen and oxygen atoms in total. The van der Waals surface area contributed by atoms with E-state index in [0.29, 0.717) is 28.4 Å². The van der Waals surface area contributed by atoms with Gasteiger partial charge in [0.1, 0.15) is 11.4 Å². The van der Waals surface area contributed by atoms with E-state index >= 15 is 0 Å². The van der Waals surface area contributed by atoms with Crippen LogP contribution in [0.4, 0.5) is 13.2 Å². The Balaban J connectivity index is 1.63. The van der Waals surface area contributed by atoms with Crippen molar-refractivity contribution in [2.45, 2.75) is 26.1 Å². The van der Waals surface area contributed by atoms with Crippen molar-refractivity contribution in [2.24, 2.45) is 5.92 Å². The second-order valence-electron chi connectivity index (χ2n) is 7.77. The Bertz CT molecular complexity index is 1080. The molecule has 1 unspecified atom stereocenters. The van der Waals surface area contributed by atoms with E-state index < -0.39 is 6.36 Å². The average Bonchev–Trinajstić information content (AvgIpc) is 3.22. The number of piperidine rings is 1. The molecule has 0 radical (unpaired) electrons. The van der Waals surface area contributed by atoms with Gasteiger partial charge < -0.3 is 9.64 Å². The third-order valence-electron chi connectivity index (χ3n) is 5.33. The summed E-state index contributed by atoms with van der Waals surface area (Å²) >= 11 is 0. The maximum absolute atomic E-state index is 13.1. The molecule has 1 saturated heterocycles. The number of hydrogen-bond acceptors (Lipinski definition) is 3. The van der Waals surface area contributed by atoms with Gasteiger partial charge in [-0.05, 0) is 54.2 Å². The van der Waals surface area contributed by atoms with Gasteiger partial charge in [-0.3, -0.25) is 9.36 Å². The highest BCUT2D eigenvalue weighted by Gasteiger charge is 2.31. The van der Waals surface area contributed by atoms with Crippen molar-refractivity contribution in [1.82, 2.24) is 14.5 Å². The lowest BCUT2D eigenvalue weighted by Crippen LogP contribution is -2.39. The Morgan fingerprint density at radius 2 is 1.87 bits per heavy atom. The molecule has 1 atom stereocenters. The number of aromatic nitrogens is 2. The second-order valence-corrected chi connectivity index (χ2v) is 7.77. The molecule has 0 bridgehead atoms. The second kappa shape index (κ2) is 8.45. The molecule has 4 rings (SSSR count). The maximum atomic E-state index is 13.1. The summed E-state index contributed by atoms with van der Waals surface area (Å²) in [6.45, 7) is 3.58. The number of nitrogens with zero attached hydrogens (tertiary/aromatic N) is 3. The topological polar surface area (TPSA) is 47.4 Å². The van der Waals surface area contributed by atoms with Crippen LogP contribution in [0.1, 0.15) is 30.3 Å². The van der Waals surface area contributed by atoms with Crippen molar-refractivity contribution in [1.29, 1.82) is 0 Å². The molecule has 1 amide bonds. The van der Waals surface area contributed by atoms with Crippen molar-refractivity contribution in [2.75, 3.05) is 13.1 Å². The first-order chi connectivity index (χ1) is 14.8. The molecule has 8 heteroatoms. The fraction of sp³-hybridized carbons (Fsp3) is 0.304. The van der Waals surface area contributed by atoms with E-state index in [1.807, 2.05) is 17.0 Å². The summed E-state index contributed by atoms with van der Waals surface area (Å²) in [6, 6.07) is 13.0. The van der Waals surface area contributed by atoms with Crippen LogP contribution < -0.4 is 4.74 Å². The van der Waals surface area contributed by atoms with Crippen LogP contribution >= 0.6 is 0 Å². The van der Waals surface area contributed by atoms with Gasteiger partial charge in [-0.25, -0.2) is 4.98 Å². The van der Waals surface area contributed by atoms with Crippen LogP contribution in [0, 0.1) is 5.92 Å². The van der Waals surface area contributed by atoms with Gasteiger partial charge in [-0.15, -0.1) is 13.2 Å². The molecule has 0 aliphatic carbocycles. The van der Waals surface area contributed by atoms with Crippen LogP contribution in [0.25, 0.3) is 16.8 Å². The number of carbonyl (C=O) groups excluding carboxylic acids is 1. The fourth-order valence-electron chi connectivity index (χ4n) is 3.90. The summed E-state index contributed by atoms with van der Waals surface area (Å²) in [5, 5.41) is 0. The zero-order valence-corrected chi connectivity index (χ0v) is 17.0. The molecule has 1 aliphatic rings. The van der Waals surface area contributed by atoms with Gasteiger partial charge in [0.05, 0.1) is 12.5 Å². The van der Waals surface area contributed by atoms with Gasteiger partial charge in [0, 0.05) is 18.8 Å². The van der Waals surface area contributed by atoms with Gasteiger partial charge >= 0.3 is 6.36 Å². The molecule has 0 N–H and O–H groups in total. The molecule has 0 spiro atoms. The molecule has 3 aromatic rings. The first kappa shape index (κ1) is 21.0. The molecule has 2 heterocycles. The summed E-state index contributed by atoms with van der Waals surface area (Å²) in [6.07, 6.45) is 0.461. The minimum atomic E-state index is -4.75. The quantitative estimate of drug-likeness (QED) is 0.565. The van der Waals surface area contributed by atoms with Crippen LogP contribution in [0.2, 0.25) is 0 Å². The Kier molecular flexibility index (Phi) is 5.71. The predicted octanol–water partition coefficient (Wildman–Crippen LogP) is 5.31. The monoisotopic (exact) mass is 429 g/mol. The van der Waals surface area contributed by atoms with Gasteiger partial charge in [0.2, 0.25) is 0 Å². The van der Waals surface area contributed by atoms with E-state index in [1.54, 1.807) is 35.3 Å². The molecular weight excluding hydrogens is 407 g/mol. The zero-order chi connectivity index (χ0) is 22.0. The highest BCUT2D eigenvalue weighted by molar-refractivity contribution is 5.93. The number of likely N-dealkylation sites (tertiary alicyclic amines) is 1. The molecule has 1 aromatic heterocycles. The number of hydrogen-bond donors (Lipinski definition) is 0. The Morgan fingerprint density at radius 1 is 1.13 bits per heavy atom. The molecule has 162 valence electrons. The van der Waals surface area contributed by atoms with Crippen molar-refractivity contribution >= 4 is 5.91 Å². The number of halogens is 3. The summed E-state index contributed by atoms with van der Waals surface area (Å²) < 4.78 is 43.4. The van der Waals surface area contributed by atoms with Gasteiger partial charge in [-0.1, -0.05) is 31.2 Å². The number of carbonyl (C=O) groups is 1. The van der Waals surface area contributed by atoms with E-state index in [4.69, 9.17) is 0 Å². The number of benzene rings is 2. The number of amides is 1. The molecule has 1 aliphatic heterocycles. The zero-order valence-electron chi connectivity index (χ0n) is 17.0. The van der Waals surface area contributed by atoms with E-state index in [0.717, 1.165) is 25.9 Å². The van der Waals surface area contributed by atoms with E-state index in [-0.39, 0.29) is 11.7 Å². The van der Waals surface area contributed by atoms with Crippen LogP contribution in [0.3, 0.4) is 0 Å². The third kappa shape index (κ3) is 4.90. The maximum Gasteiger partial charge on any atom is 0.573 e. The van der Waals surface area contributed by atoms with Crippen LogP contribution in [0.5, 0.6) is 5.75 Å². The summed E-state index contributed by atoms with van der Waals surface area (Å²) in [5.74, 6) is 0.103. The van der Waals surface area contributed by atoms with Gasteiger partial charge in [0.25, 0.3) is 5.91 Å². The van der Waals surface area contributed by atoms with Crippen LogP contribution in [-0.2, 0) is 0 Å². The molecule has 31 heavy (non-hydrogen) atoms. The van der Waals surface area contributed by atoms with E-state index in [1.165, 1.54) is 18.2 Å². The van der Waals surface area contributed by atoms with E-state index in [9.17, 15) is 18.0 Å². The first-order valence-corrected chi connectivity index (χ1v) is 10.1. The summed E-state index contributed by atoms with van der Waals surface area (Å²) in [4.78, 5) is 19.1. The Labute approximate surface area is 178 Å². The standard InChI is InChI=1S/C23H22F3N3O2/c1-16-5-4-10-28(14-16)22(30)21-13-27-15-29(21)19-8-2-6-17(11-19)18-7-3-9-20(12-18)31-23(24,25)26/h2-3,6-9,11-13,15-16H,4-5,10,14H2,1H3. The number of ether oxygens (including phenoxy) is 1. The van der Waals surface area contributed by atoms with Gasteiger partial charge in [-0.2, -0.15) is 0 Å². The van der Waals surface area contributed by atoms with Crippen molar-refractivity contribution in [3.8, 4) is 22.6 Å². The fourth-order valence-corrected chi connectivity index (χ4v) is 3.90. The highest BCUT2D eigenvalue weighted by Crippen LogP contribution is 2.29. The lowest BCUT2D eigenvalue weighted by atomic mass is 10.00. The van der Waals surface area contributed by atoms with Gasteiger partial charge in [0.15, 0.2) is 0 Å². The van der Waals surface area contributed by atoms with Crippen LogP contribution in [-0.4, -0.2) is 39.8 Å². The highest BCUT2D eigenvalue weighted by atomic mass is 19.4. The minimum Gasteiger partial charge on any atom is -0.406 e. The van der Waals surface area contributed by atoms with Crippen molar-refractivity contribution < 1.29 is 22.7 Å². The minimum absolute atomic E-state index is 0.0740. The lowest BCUT2D eigenvalue weighted by Gasteiger charge is -2.31. The molecule has 2 aromatic carbocycles. The van der Waals surface area contributed by atoms with E-state index in [2.05, 4.69) is 16.6 Å². The third-order valence-corrected chi connectivity index (χ3v) is 5.33. The first-order valence-electron chi connectivity index (χ1n) is 10.1. The molecule has 0 saturated carbocycles. The van der Waals surface area contributed by atoms with Crippen molar-refractivity contribution in [3.05, 3.63) is 66.7 Å². The Hall–Kier alpha value is -3.29. The smallest absolute Gasteiger partial charge is 0.406 e. The lowest BCUT2D eigenvalue weighted by molar-refractivity contribution is -0.274. The van der Waals surface area contributed by atoms with Crippen molar-refractivity contribution in [3.63, 3.8) is 0 Å². The summed E-state index contributed by atoms with van der Waals surface area (Å²) in [7, 11) is 0. The molecule has 1 fully saturated rings. The Morgan fingerprint density at radius 3 is 2.61 bits per heavy atom. The SMILES string of the molecule is CC1CCCN(C(=O)c2cncn2-c2cccc(-c3cccc(OC(F)(F)F)c3)c2)C1. The average molecular weight is 429 g/mol.